The average Bonchev–Trinajstić information content (AvgIpc) is 2.80. The summed E-state index contributed by atoms with van der Waals surface area (Å²) in [5, 5.41) is 0.980. The lowest BCUT2D eigenvalue weighted by Crippen LogP contribution is -2.38. The maximum absolute atomic E-state index is 13.7. The summed E-state index contributed by atoms with van der Waals surface area (Å²) in [5.41, 5.74) is 0.764. The van der Waals surface area contributed by atoms with Crippen molar-refractivity contribution in [3.63, 3.8) is 0 Å². The van der Waals surface area contributed by atoms with Crippen molar-refractivity contribution < 1.29 is 14.3 Å². The first-order chi connectivity index (χ1) is 15.7. The Balaban J connectivity index is 2.10. The zero-order valence-electron chi connectivity index (χ0n) is 19.9. The zero-order chi connectivity index (χ0) is 24.3. The van der Waals surface area contributed by atoms with Crippen LogP contribution in [0.3, 0.4) is 0 Å². The molecule has 0 aliphatic rings. The first-order valence-corrected chi connectivity index (χ1v) is 11.2. The molecule has 0 radical (unpaired) electrons. The van der Waals surface area contributed by atoms with E-state index < -0.39 is 6.04 Å². The Morgan fingerprint density at radius 1 is 1.09 bits per heavy atom. The quantitative estimate of drug-likeness (QED) is 0.469. The Bertz CT molecular complexity index is 1200. The standard InChI is InChI=1S/C25H30ClN3O4/c1-15(2)9-10-29(24(30)17-11-19(32-5)14-20(12-17)33-6)16(3)23-27-22-13-18(26)7-8-21(22)25(31)28(23)4/h7-8,11-16H,9-10H2,1-6H3. The molecule has 0 saturated heterocycles. The first kappa shape index (κ1) is 24.6. The second-order valence-corrected chi connectivity index (χ2v) is 8.89. The molecular weight excluding hydrogens is 442 g/mol. The SMILES string of the molecule is COc1cc(OC)cc(C(=O)N(CCC(C)C)C(C)c2nc3cc(Cl)ccc3c(=O)n2C)c1. The van der Waals surface area contributed by atoms with Gasteiger partial charge in [-0.2, -0.15) is 0 Å². The van der Waals surface area contributed by atoms with E-state index in [9.17, 15) is 9.59 Å². The first-order valence-electron chi connectivity index (χ1n) is 10.9. The molecule has 7 nitrogen and oxygen atoms in total. The molecule has 1 amide bonds. The van der Waals surface area contributed by atoms with Crippen LogP contribution < -0.4 is 15.0 Å². The average molecular weight is 472 g/mol. The van der Waals surface area contributed by atoms with Crippen LogP contribution in [0.4, 0.5) is 0 Å². The minimum absolute atomic E-state index is 0.183. The number of benzene rings is 2. The summed E-state index contributed by atoms with van der Waals surface area (Å²) in [7, 11) is 4.76. The van der Waals surface area contributed by atoms with E-state index in [1.165, 1.54) is 4.57 Å². The van der Waals surface area contributed by atoms with Crippen LogP contribution in [0.25, 0.3) is 10.9 Å². The van der Waals surface area contributed by atoms with Crippen molar-refractivity contribution >= 4 is 28.4 Å². The van der Waals surface area contributed by atoms with E-state index in [0.29, 0.717) is 51.3 Å². The number of aromatic nitrogens is 2. The minimum Gasteiger partial charge on any atom is -0.497 e. The lowest BCUT2D eigenvalue weighted by molar-refractivity contribution is 0.0669. The maximum Gasteiger partial charge on any atom is 0.261 e. The van der Waals surface area contributed by atoms with E-state index in [1.54, 1.807) is 62.6 Å². The van der Waals surface area contributed by atoms with E-state index in [-0.39, 0.29) is 11.5 Å². The molecule has 0 fully saturated rings. The van der Waals surface area contributed by atoms with Crippen molar-refractivity contribution in [1.82, 2.24) is 14.5 Å². The molecule has 0 N–H and O–H groups in total. The highest BCUT2D eigenvalue weighted by atomic mass is 35.5. The Morgan fingerprint density at radius 3 is 2.30 bits per heavy atom. The van der Waals surface area contributed by atoms with E-state index in [0.717, 1.165) is 6.42 Å². The highest BCUT2D eigenvalue weighted by Gasteiger charge is 2.27. The minimum atomic E-state index is -0.463. The number of rotatable bonds is 8. The fourth-order valence-corrected chi connectivity index (χ4v) is 3.91. The van der Waals surface area contributed by atoms with Gasteiger partial charge in [-0.3, -0.25) is 14.2 Å². The summed E-state index contributed by atoms with van der Waals surface area (Å²) in [5.74, 6) is 1.74. The Labute approximate surface area is 198 Å². The maximum atomic E-state index is 13.7. The number of carbonyl (C=O) groups excluding carboxylic acids is 1. The summed E-state index contributed by atoms with van der Waals surface area (Å²) >= 11 is 6.14. The van der Waals surface area contributed by atoms with Crippen LogP contribution >= 0.6 is 11.6 Å². The molecule has 8 heteroatoms. The third kappa shape index (κ3) is 5.30. The Morgan fingerprint density at radius 2 is 1.73 bits per heavy atom. The Kier molecular flexibility index (Phi) is 7.64. The van der Waals surface area contributed by atoms with Crippen molar-refractivity contribution in [3.8, 4) is 11.5 Å². The van der Waals surface area contributed by atoms with Crippen LogP contribution in [0.2, 0.25) is 5.02 Å². The third-order valence-corrected chi connectivity index (χ3v) is 5.96. The smallest absolute Gasteiger partial charge is 0.261 e. The van der Waals surface area contributed by atoms with Crippen molar-refractivity contribution in [3.05, 3.63) is 63.2 Å². The van der Waals surface area contributed by atoms with Gasteiger partial charge in [0.15, 0.2) is 0 Å². The topological polar surface area (TPSA) is 73.7 Å². The molecular formula is C25H30ClN3O4. The van der Waals surface area contributed by atoms with Gasteiger partial charge in [0.1, 0.15) is 17.3 Å². The van der Waals surface area contributed by atoms with Gasteiger partial charge >= 0.3 is 0 Å². The van der Waals surface area contributed by atoms with Crippen LogP contribution in [0, 0.1) is 5.92 Å². The number of methoxy groups -OCH3 is 2. The van der Waals surface area contributed by atoms with Crippen LogP contribution in [-0.4, -0.2) is 41.1 Å². The second-order valence-electron chi connectivity index (χ2n) is 8.45. The van der Waals surface area contributed by atoms with Crippen LogP contribution in [0.1, 0.15) is 49.4 Å². The molecule has 2 aromatic carbocycles. The number of carbonyl (C=O) groups is 1. The molecule has 1 unspecified atom stereocenters. The summed E-state index contributed by atoms with van der Waals surface area (Å²) in [6, 6.07) is 9.64. The predicted molar refractivity (Wildman–Crippen MR) is 130 cm³/mol. The lowest BCUT2D eigenvalue weighted by Gasteiger charge is -2.31. The number of fused-ring (bicyclic) bond motifs is 1. The van der Waals surface area contributed by atoms with Crippen molar-refractivity contribution in [2.45, 2.75) is 33.2 Å². The van der Waals surface area contributed by atoms with Gasteiger partial charge in [0.05, 0.1) is 31.2 Å². The molecule has 33 heavy (non-hydrogen) atoms. The third-order valence-electron chi connectivity index (χ3n) is 5.72. The van der Waals surface area contributed by atoms with E-state index in [4.69, 9.17) is 26.1 Å². The number of hydrogen-bond donors (Lipinski definition) is 0. The van der Waals surface area contributed by atoms with E-state index >= 15 is 0 Å². The summed E-state index contributed by atoms with van der Waals surface area (Å²) in [6.07, 6.45) is 0.796. The number of amides is 1. The number of hydrogen-bond acceptors (Lipinski definition) is 5. The largest absolute Gasteiger partial charge is 0.497 e. The predicted octanol–water partition coefficient (Wildman–Crippen LogP) is 4.85. The van der Waals surface area contributed by atoms with Gasteiger partial charge in [-0.05, 0) is 49.6 Å². The van der Waals surface area contributed by atoms with E-state index in [1.807, 2.05) is 6.92 Å². The van der Waals surface area contributed by atoms with Crippen LogP contribution in [0.5, 0.6) is 11.5 Å². The molecule has 0 spiro atoms. The lowest BCUT2D eigenvalue weighted by atomic mass is 10.1. The highest BCUT2D eigenvalue weighted by Crippen LogP contribution is 2.28. The fourth-order valence-electron chi connectivity index (χ4n) is 3.74. The van der Waals surface area contributed by atoms with Gasteiger partial charge < -0.3 is 14.4 Å². The second kappa shape index (κ2) is 10.3. The normalized spacial score (nSPS) is 12.1. The molecule has 0 bridgehead atoms. The molecule has 0 saturated carbocycles. The summed E-state index contributed by atoms with van der Waals surface area (Å²) < 4.78 is 12.2. The molecule has 1 atom stereocenters. The van der Waals surface area contributed by atoms with Crippen molar-refractivity contribution in [2.24, 2.45) is 13.0 Å². The van der Waals surface area contributed by atoms with Gasteiger partial charge in [0, 0.05) is 30.2 Å². The van der Waals surface area contributed by atoms with Gasteiger partial charge in [0.2, 0.25) is 0 Å². The van der Waals surface area contributed by atoms with E-state index in [2.05, 4.69) is 13.8 Å². The van der Waals surface area contributed by atoms with Gasteiger partial charge in [-0.15, -0.1) is 0 Å². The van der Waals surface area contributed by atoms with Gasteiger partial charge in [0.25, 0.3) is 11.5 Å². The van der Waals surface area contributed by atoms with Gasteiger partial charge in [-0.25, -0.2) is 4.98 Å². The molecule has 1 heterocycles. The Hall–Kier alpha value is -3.06. The molecule has 1 aromatic heterocycles. The molecule has 0 aliphatic heterocycles. The summed E-state index contributed by atoms with van der Waals surface area (Å²) in [6.45, 7) is 6.59. The highest BCUT2D eigenvalue weighted by molar-refractivity contribution is 6.31. The zero-order valence-corrected chi connectivity index (χ0v) is 20.6. The summed E-state index contributed by atoms with van der Waals surface area (Å²) in [4.78, 5) is 33.2. The number of halogens is 1. The molecule has 0 aliphatic carbocycles. The number of ether oxygens (including phenoxy) is 2. The number of nitrogens with zero attached hydrogens (tertiary/aromatic N) is 3. The van der Waals surface area contributed by atoms with Crippen molar-refractivity contribution in [2.75, 3.05) is 20.8 Å². The van der Waals surface area contributed by atoms with Crippen molar-refractivity contribution in [1.29, 1.82) is 0 Å². The fraction of sp³-hybridized carbons (Fsp3) is 0.400. The monoisotopic (exact) mass is 471 g/mol. The van der Waals surface area contributed by atoms with Crippen LogP contribution in [-0.2, 0) is 7.05 Å². The van der Waals surface area contributed by atoms with Gasteiger partial charge in [-0.1, -0.05) is 25.4 Å². The molecule has 3 rings (SSSR count). The molecule has 3 aromatic rings. The van der Waals surface area contributed by atoms with Crippen LogP contribution in [0.15, 0.2) is 41.2 Å². The molecule has 176 valence electrons.